The van der Waals surface area contributed by atoms with Crippen LogP contribution >= 0.6 is 11.6 Å². The second-order valence-corrected chi connectivity index (χ2v) is 10.4. The van der Waals surface area contributed by atoms with Crippen molar-refractivity contribution in [2.24, 2.45) is 0 Å². The monoisotopic (exact) mass is 543 g/mol. The number of sulfonamides is 1. The summed E-state index contributed by atoms with van der Waals surface area (Å²) in [4.78, 5) is 28.0. The Labute approximate surface area is 222 Å². The van der Waals surface area contributed by atoms with E-state index in [1.165, 1.54) is 31.2 Å². The summed E-state index contributed by atoms with van der Waals surface area (Å²) >= 11 is 6.36. The zero-order valence-corrected chi connectivity index (χ0v) is 22.5. The standard InChI is InChI=1S/C27H30ClN3O5S/c1-4-25(27(33)29-2)30(18-20-10-8-9-13-24(20)28)26(32)19-31(21-14-16-22(36-3)17-15-21)37(34,35)23-11-6-5-7-12-23/h5-17,25H,4,18-19H2,1-3H3,(H,29,33)/t25-/m1/s1. The highest BCUT2D eigenvalue weighted by Gasteiger charge is 2.33. The van der Waals surface area contributed by atoms with Crippen molar-refractivity contribution in [3.05, 3.63) is 89.4 Å². The number of methoxy groups -OCH3 is 1. The molecular formula is C27H30ClN3O5S. The van der Waals surface area contributed by atoms with Crippen molar-refractivity contribution >= 4 is 39.1 Å². The number of carbonyl (C=O) groups is 2. The van der Waals surface area contributed by atoms with Crippen LogP contribution < -0.4 is 14.4 Å². The fourth-order valence-electron chi connectivity index (χ4n) is 3.89. The molecule has 0 bridgehead atoms. The van der Waals surface area contributed by atoms with Crippen molar-refractivity contribution in [1.82, 2.24) is 10.2 Å². The van der Waals surface area contributed by atoms with Gasteiger partial charge in [-0.05, 0) is 54.4 Å². The van der Waals surface area contributed by atoms with Gasteiger partial charge in [-0.1, -0.05) is 54.9 Å². The first kappa shape index (κ1) is 28.0. The fourth-order valence-corrected chi connectivity index (χ4v) is 5.52. The highest BCUT2D eigenvalue weighted by atomic mass is 35.5. The van der Waals surface area contributed by atoms with E-state index in [9.17, 15) is 18.0 Å². The molecular weight excluding hydrogens is 514 g/mol. The summed E-state index contributed by atoms with van der Waals surface area (Å²) in [7, 11) is -1.12. The number of amides is 2. The van der Waals surface area contributed by atoms with Crippen molar-refractivity contribution in [3.63, 3.8) is 0 Å². The first-order chi connectivity index (χ1) is 17.7. The molecule has 3 aromatic rings. The number of nitrogens with one attached hydrogen (secondary N) is 1. The van der Waals surface area contributed by atoms with E-state index >= 15 is 0 Å². The van der Waals surface area contributed by atoms with Crippen LogP contribution in [0.3, 0.4) is 0 Å². The molecule has 37 heavy (non-hydrogen) atoms. The summed E-state index contributed by atoms with van der Waals surface area (Å²) in [5, 5.41) is 3.03. The molecule has 3 aromatic carbocycles. The van der Waals surface area contributed by atoms with Gasteiger partial charge in [-0.3, -0.25) is 13.9 Å². The molecule has 0 fully saturated rings. The first-order valence-electron chi connectivity index (χ1n) is 11.7. The van der Waals surface area contributed by atoms with E-state index < -0.39 is 28.5 Å². The summed E-state index contributed by atoms with van der Waals surface area (Å²) in [6.45, 7) is 1.29. The van der Waals surface area contributed by atoms with Gasteiger partial charge in [0.15, 0.2) is 0 Å². The molecule has 0 saturated carbocycles. The lowest BCUT2D eigenvalue weighted by atomic mass is 10.1. The largest absolute Gasteiger partial charge is 0.497 e. The van der Waals surface area contributed by atoms with Crippen LogP contribution in [0.2, 0.25) is 5.02 Å². The molecule has 0 aliphatic carbocycles. The van der Waals surface area contributed by atoms with Gasteiger partial charge in [-0.2, -0.15) is 0 Å². The molecule has 0 aromatic heterocycles. The van der Waals surface area contributed by atoms with Gasteiger partial charge in [-0.15, -0.1) is 0 Å². The Morgan fingerprint density at radius 1 is 0.973 bits per heavy atom. The number of benzene rings is 3. The predicted molar refractivity (Wildman–Crippen MR) is 144 cm³/mol. The van der Waals surface area contributed by atoms with Crippen molar-refractivity contribution in [1.29, 1.82) is 0 Å². The zero-order valence-electron chi connectivity index (χ0n) is 20.9. The van der Waals surface area contributed by atoms with Gasteiger partial charge in [-0.25, -0.2) is 8.42 Å². The third kappa shape index (κ3) is 6.61. The van der Waals surface area contributed by atoms with E-state index in [0.717, 1.165) is 4.31 Å². The Kier molecular flexibility index (Phi) is 9.54. The molecule has 0 unspecified atom stereocenters. The molecule has 0 radical (unpaired) electrons. The summed E-state index contributed by atoms with van der Waals surface area (Å²) in [5.41, 5.74) is 0.922. The minimum absolute atomic E-state index is 0.0340. The highest BCUT2D eigenvalue weighted by molar-refractivity contribution is 7.92. The molecule has 0 saturated heterocycles. The van der Waals surface area contributed by atoms with Crippen LogP contribution in [0.25, 0.3) is 0 Å². The van der Waals surface area contributed by atoms with Gasteiger partial charge in [0.1, 0.15) is 18.3 Å². The second-order valence-electron chi connectivity index (χ2n) is 8.17. The van der Waals surface area contributed by atoms with Gasteiger partial charge in [0, 0.05) is 18.6 Å². The number of ether oxygens (including phenoxy) is 1. The molecule has 1 atom stereocenters. The van der Waals surface area contributed by atoms with E-state index in [1.807, 2.05) is 0 Å². The molecule has 8 nitrogen and oxygen atoms in total. The summed E-state index contributed by atoms with van der Waals surface area (Å²) in [5.74, 6) is -0.367. The topological polar surface area (TPSA) is 96.0 Å². The van der Waals surface area contributed by atoms with Crippen LogP contribution in [0.5, 0.6) is 5.75 Å². The molecule has 3 rings (SSSR count). The molecule has 10 heteroatoms. The van der Waals surface area contributed by atoms with Crippen LogP contribution in [0.1, 0.15) is 18.9 Å². The lowest BCUT2D eigenvalue weighted by Gasteiger charge is -2.33. The SMILES string of the molecule is CC[C@H](C(=O)NC)N(Cc1ccccc1Cl)C(=O)CN(c1ccc(OC)cc1)S(=O)(=O)c1ccccc1. The average Bonchev–Trinajstić information content (AvgIpc) is 2.92. The Bertz CT molecular complexity index is 1320. The average molecular weight is 544 g/mol. The third-order valence-corrected chi connectivity index (χ3v) is 8.06. The Morgan fingerprint density at radius 3 is 2.16 bits per heavy atom. The Balaban J connectivity index is 2.06. The number of likely N-dealkylation sites (N-methyl/N-ethyl adjacent to an activating group) is 1. The highest BCUT2D eigenvalue weighted by Crippen LogP contribution is 2.27. The number of carbonyl (C=O) groups excluding carboxylic acids is 2. The van der Waals surface area contributed by atoms with Crippen LogP contribution in [-0.2, 0) is 26.2 Å². The third-order valence-electron chi connectivity index (χ3n) is 5.90. The van der Waals surface area contributed by atoms with E-state index in [2.05, 4.69) is 5.32 Å². The van der Waals surface area contributed by atoms with E-state index in [0.29, 0.717) is 22.8 Å². The Hall–Kier alpha value is -3.56. The summed E-state index contributed by atoms with van der Waals surface area (Å²) < 4.78 is 33.7. The number of anilines is 1. The molecule has 2 amide bonds. The van der Waals surface area contributed by atoms with E-state index in [4.69, 9.17) is 16.3 Å². The predicted octanol–water partition coefficient (Wildman–Crippen LogP) is 4.10. The Morgan fingerprint density at radius 2 is 1.59 bits per heavy atom. The van der Waals surface area contributed by atoms with Gasteiger partial charge in [0.25, 0.3) is 10.0 Å². The summed E-state index contributed by atoms with van der Waals surface area (Å²) in [6.07, 6.45) is 0.323. The van der Waals surface area contributed by atoms with Crippen molar-refractivity contribution in [2.75, 3.05) is 25.0 Å². The van der Waals surface area contributed by atoms with Crippen LogP contribution in [-0.4, -0.2) is 51.9 Å². The van der Waals surface area contributed by atoms with Crippen LogP contribution in [0.15, 0.2) is 83.8 Å². The lowest BCUT2D eigenvalue weighted by molar-refractivity contribution is -0.140. The number of nitrogens with zero attached hydrogens (tertiary/aromatic N) is 2. The number of rotatable bonds is 11. The van der Waals surface area contributed by atoms with Crippen molar-refractivity contribution in [3.8, 4) is 5.75 Å². The maximum Gasteiger partial charge on any atom is 0.264 e. The molecule has 1 N–H and O–H groups in total. The van der Waals surface area contributed by atoms with Crippen LogP contribution in [0, 0.1) is 0 Å². The van der Waals surface area contributed by atoms with Gasteiger partial charge >= 0.3 is 0 Å². The number of halogens is 1. The maximum absolute atomic E-state index is 13.8. The van der Waals surface area contributed by atoms with Crippen molar-refractivity contribution < 1.29 is 22.7 Å². The molecule has 0 aliphatic heterocycles. The second kappa shape index (κ2) is 12.6. The number of hydrogen-bond donors (Lipinski definition) is 1. The van der Waals surface area contributed by atoms with E-state index in [1.54, 1.807) is 73.7 Å². The van der Waals surface area contributed by atoms with E-state index in [-0.39, 0.29) is 23.0 Å². The quantitative estimate of drug-likeness (QED) is 0.393. The van der Waals surface area contributed by atoms with Gasteiger partial charge < -0.3 is 15.0 Å². The van der Waals surface area contributed by atoms with Gasteiger partial charge in [0.2, 0.25) is 11.8 Å². The smallest absolute Gasteiger partial charge is 0.264 e. The molecule has 0 heterocycles. The fraction of sp³-hybridized carbons (Fsp3) is 0.259. The van der Waals surface area contributed by atoms with Gasteiger partial charge in [0.05, 0.1) is 17.7 Å². The summed E-state index contributed by atoms with van der Waals surface area (Å²) in [6, 6.07) is 20.4. The van der Waals surface area contributed by atoms with Crippen LogP contribution in [0.4, 0.5) is 5.69 Å². The van der Waals surface area contributed by atoms with Crippen molar-refractivity contribution in [2.45, 2.75) is 30.8 Å². The molecule has 196 valence electrons. The number of hydrogen-bond acceptors (Lipinski definition) is 5. The zero-order chi connectivity index (χ0) is 27.0. The normalized spacial score (nSPS) is 11.9. The molecule has 0 aliphatic rings. The minimum Gasteiger partial charge on any atom is -0.497 e. The maximum atomic E-state index is 13.8. The first-order valence-corrected chi connectivity index (χ1v) is 13.5. The molecule has 0 spiro atoms. The minimum atomic E-state index is -4.12. The lowest BCUT2D eigenvalue weighted by Crippen LogP contribution is -2.51.